The number of nitrogens with zero attached hydrogens (tertiary/aromatic N) is 4. The SMILES string of the molecule is Cc1cc(C)c2sc(N(CCCN(C)C)C(=O)c3ccc(N(C)C)cc3)nc2c1.Cl. The molecule has 0 saturated heterocycles. The number of thiazole rings is 1. The molecule has 0 atom stereocenters. The van der Waals surface area contributed by atoms with Crippen LogP contribution in [0.1, 0.15) is 27.9 Å². The Hall–Kier alpha value is -2.15. The van der Waals surface area contributed by atoms with Crippen LogP contribution in [0.5, 0.6) is 0 Å². The van der Waals surface area contributed by atoms with Crippen LogP contribution in [0.4, 0.5) is 10.8 Å². The van der Waals surface area contributed by atoms with Crippen molar-refractivity contribution in [3.63, 3.8) is 0 Å². The molecule has 1 heterocycles. The summed E-state index contributed by atoms with van der Waals surface area (Å²) in [6.07, 6.45) is 0.891. The molecule has 0 N–H and O–H groups in total. The fourth-order valence-electron chi connectivity index (χ4n) is 3.37. The van der Waals surface area contributed by atoms with E-state index in [9.17, 15) is 4.79 Å². The number of anilines is 2. The molecule has 0 unspecified atom stereocenters. The summed E-state index contributed by atoms with van der Waals surface area (Å²) >= 11 is 1.60. The summed E-state index contributed by atoms with van der Waals surface area (Å²) in [5, 5.41) is 0.772. The van der Waals surface area contributed by atoms with E-state index in [0.29, 0.717) is 12.1 Å². The zero-order chi connectivity index (χ0) is 21.1. The van der Waals surface area contributed by atoms with Crippen molar-refractivity contribution in [3.05, 3.63) is 53.1 Å². The fraction of sp³-hybridized carbons (Fsp3) is 0.391. The zero-order valence-corrected chi connectivity index (χ0v) is 20.2. The first-order valence-electron chi connectivity index (χ1n) is 9.88. The number of hydrogen-bond donors (Lipinski definition) is 0. The summed E-state index contributed by atoms with van der Waals surface area (Å²) in [6.45, 7) is 5.75. The van der Waals surface area contributed by atoms with Gasteiger partial charge < -0.3 is 9.80 Å². The quantitative estimate of drug-likeness (QED) is 0.512. The molecule has 3 aromatic rings. The van der Waals surface area contributed by atoms with Gasteiger partial charge in [0.05, 0.1) is 10.2 Å². The highest BCUT2D eigenvalue weighted by Gasteiger charge is 2.22. The van der Waals surface area contributed by atoms with Gasteiger partial charge in [0.15, 0.2) is 5.13 Å². The van der Waals surface area contributed by atoms with E-state index in [0.717, 1.165) is 34.0 Å². The maximum atomic E-state index is 13.4. The van der Waals surface area contributed by atoms with Gasteiger partial charge in [-0.1, -0.05) is 17.4 Å². The Morgan fingerprint density at radius 3 is 2.27 bits per heavy atom. The Morgan fingerprint density at radius 2 is 1.67 bits per heavy atom. The van der Waals surface area contributed by atoms with Gasteiger partial charge in [-0.3, -0.25) is 9.69 Å². The number of rotatable bonds is 7. The van der Waals surface area contributed by atoms with E-state index in [1.54, 1.807) is 11.3 Å². The van der Waals surface area contributed by atoms with Crippen LogP contribution in [0.15, 0.2) is 36.4 Å². The predicted octanol–water partition coefficient (Wildman–Crippen LogP) is 5.00. The summed E-state index contributed by atoms with van der Waals surface area (Å²) in [4.78, 5) is 24.2. The summed E-state index contributed by atoms with van der Waals surface area (Å²) in [5.41, 5.74) is 5.13. The molecule has 0 aliphatic heterocycles. The number of fused-ring (bicyclic) bond motifs is 1. The lowest BCUT2D eigenvalue weighted by Gasteiger charge is -2.21. The number of hydrogen-bond acceptors (Lipinski definition) is 5. The zero-order valence-electron chi connectivity index (χ0n) is 18.6. The van der Waals surface area contributed by atoms with E-state index >= 15 is 0 Å². The number of aryl methyl sites for hydroxylation is 2. The van der Waals surface area contributed by atoms with E-state index in [1.165, 1.54) is 11.1 Å². The van der Waals surface area contributed by atoms with Gasteiger partial charge in [0.1, 0.15) is 0 Å². The van der Waals surface area contributed by atoms with Crippen LogP contribution in [-0.4, -0.2) is 57.1 Å². The monoisotopic (exact) mass is 446 g/mol. The fourth-order valence-corrected chi connectivity index (χ4v) is 4.41. The van der Waals surface area contributed by atoms with Crippen molar-refractivity contribution < 1.29 is 4.79 Å². The number of benzene rings is 2. The van der Waals surface area contributed by atoms with Gasteiger partial charge in [0.2, 0.25) is 0 Å². The molecule has 3 rings (SSSR count). The summed E-state index contributed by atoms with van der Waals surface area (Å²) in [7, 11) is 8.09. The van der Waals surface area contributed by atoms with Gasteiger partial charge in [-0.2, -0.15) is 0 Å². The average Bonchev–Trinajstić information content (AvgIpc) is 3.08. The molecule has 30 heavy (non-hydrogen) atoms. The molecular weight excluding hydrogens is 416 g/mol. The van der Waals surface area contributed by atoms with E-state index in [-0.39, 0.29) is 18.3 Å². The number of amides is 1. The second kappa shape index (κ2) is 10.2. The van der Waals surface area contributed by atoms with Crippen molar-refractivity contribution in [3.8, 4) is 0 Å². The molecule has 0 fully saturated rings. The van der Waals surface area contributed by atoms with Crippen molar-refractivity contribution in [2.24, 2.45) is 0 Å². The van der Waals surface area contributed by atoms with Gasteiger partial charge in [-0.05, 0) is 82.4 Å². The van der Waals surface area contributed by atoms with Gasteiger partial charge in [-0.15, -0.1) is 12.4 Å². The number of carbonyl (C=O) groups excluding carboxylic acids is 1. The lowest BCUT2D eigenvalue weighted by molar-refractivity contribution is 0.0986. The Balaban J connectivity index is 0.00000320. The molecule has 1 amide bonds. The molecule has 0 saturated carbocycles. The molecular formula is C23H31ClN4OS. The van der Waals surface area contributed by atoms with Crippen LogP contribution < -0.4 is 9.80 Å². The smallest absolute Gasteiger partial charge is 0.260 e. The third-order valence-corrected chi connectivity index (χ3v) is 6.13. The van der Waals surface area contributed by atoms with Gasteiger partial charge in [0.25, 0.3) is 5.91 Å². The second-order valence-corrected chi connectivity index (χ2v) is 8.96. The van der Waals surface area contributed by atoms with Crippen LogP contribution in [0.25, 0.3) is 10.2 Å². The van der Waals surface area contributed by atoms with Crippen molar-refractivity contribution >= 4 is 50.7 Å². The standard InChI is InChI=1S/C23H30N4OS.ClH/c1-16-14-17(2)21-20(15-16)24-23(29-21)27(13-7-12-25(3)4)22(28)18-8-10-19(11-9-18)26(5)6;/h8-11,14-15H,7,12-13H2,1-6H3;1H. The van der Waals surface area contributed by atoms with Crippen LogP contribution in [0, 0.1) is 13.8 Å². The minimum absolute atomic E-state index is 0. The van der Waals surface area contributed by atoms with Crippen LogP contribution in [0.3, 0.4) is 0 Å². The lowest BCUT2D eigenvalue weighted by atomic mass is 10.1. The molecule has 162 valence electrons. The summed E-state index contributed by atoms with van der Waals surface area (Å²) in [5.74, 6) is 0.00231. The van der Waals surface area contributed by atoms with Crippen molar-refractivity contribution in [2.45, 2.75) is 20.3 Å². The molecule has 0 bridgehead atoms. The first-order valence-corrected chi connectivity index (χ1v) is 10.7. The third kappa shape index (κ3) is 5.50. The number of carbonyl (C=O) groups is 1. The summed E-state index contributed by atoms with van der Waals surface area (Å²) in [6, 6.07) is 12.0. The van der Waals surface area contributed by atoms with Crippen LogP contribution >= 0.6 is 23.7 Å². The Labute approximate surface area is 189 Å². The predicted molar refractivity (Wildman–Crippen MR) is 132 cm³/mol. The van der Waals surface area contributed by atoms with Crippen molar-refractivity contribution in [2.75, 3.05) is 51.1 Å². The van der Waals surface area contributed by atoms with Gasteiger partial charge >= 0.3 is 0 Å². The largest absolute Gasteiger partial charge is 0.378 e. The first kappa shape index (κ1) is 24.1. The molecule has 5 nitrogen and oxygen atoms in total. The van der Waals surface area contributed by atoms with Crippen LogP contribution in [0.2, 0.25) is 0 Å². The Morgan fingerprint density at radius 1 is 1.00 bits per heavy atom. The second-order valence-electron chi connectivity index (χ2n) is 7.98. The normalized spacial score (nSPS) is 10.9. The minimum Gasteiger partial charge on any atom is -0.378 e. The first-order chi connectivity index (χ1) is 13.8. The summed E-state index contributed by atoms with van der Waals surface area (Å²) < 4.78 is 1.15. The van der Waals surface area contributed by atoms with E-state index in [2.05, 4.69) is 45.0 Å². The maximum Gasteiger partial charge on any atom is 0.260 e. The minimum atomic E-state index is 0. The highest BCUT2D eigenvalue weighted by molar-refractivity contribution is 7.22. The lowest BCUT2D eigenvalue weighted by Crippen LogP contribution is -2.33. The topological polar surface area (TPSA) is 39.7 Å². The molecule has 0 spiro atoms. The van der Waals surface area contributed by atoms with Crippen molar-refractivity contribution in [1.29, 1.82) is 0 Å². The van der Waals surface area contributed by atoms with E-state index in [4.69, 9.17) is 4.98 Å². The number of aromatic nitrogens is 1. The third-order valence-electron chi connectivity index (χ3n) is 4.90. The molecule has 0 aliphatic rings. The van der Waals surface area contributed by atoms with E-state index < -0.39 is 0 Å². The molecule has 0 radical (unpaired) electrons. The van der Waals surface area contributed by atoms with E-state index in [1.807, 2.05) is 48.2 Å². The molecule has 0 aliphatic carbocycles. The van der Waals surface area contributed by atoms with Gasteiger partial charge in [-0.25, -0.2) is 4.98 Å². The molecule has 2 aromatic carbocycles. The Bertz CT molecular complexity index is 998. The molecule has 1 aromatic heterocycles. The average molecular weight is 447 g/mol. The highest BCUT2D eigenvalue weighted by Crippen LogP contribution is 2.33. The highest BCUT2D eigenvalue weighted by atomic mass is 35.5. The molecule has 7 heteroatoms. The van der Waals surface area contributed by atoms with Crippen molar-refractivity contribution in [1.82, 2.24) is 9.88 Å². The maximum absolute atomic E-state index is 13.4. The number of halogens is 1. The Kier molecular flexibility index (Phi) is 8.24. The van der Waals surface area contributed by atoms with Crippen LogP contribution in [-0.2, 0) is 0 Å². The van der Waals surface area contributed by atoms with Gasteiger partial charge in [0, 0.05) is 31.9 Å².